The first kappa shape index (κ1) is 9.21. The molecular weight excluding hydrogens is 240 g/mol. The van der Waals surface area contributed by atoms with E-state index in [1.165, 1.54) is 0 Å². The van der Waals surface area contributed by atoms with Gasteiger partial charge in [-0.2, -0.15) is 0 Å². The van der Waals surface area contributed by atoms with Crippen LogP contribution in [0.15, 0.2) is 53.3 Å². The van der Waals surface area contributed by atoms with Crippen LogP contribution < -0.4 is 5.32 Å². The van der Waals surface area contributed by atoms with Crippen LogP contribution in [0.25, 0.3) is 0 Å². The summed E-state index contributed by atoms with van der Waals surface area (Å²) < 4.78 is 1.05. The third kappa shape index (κ3) is 2.12. The second kappa shape index (κ2) is 4.24. The molecule has 1 N–H and O–H groups in total. The molecule has 2 rings (SSSR count). The number of pyridine rings is 1. The number of hydrogen-bond acceptors (Lipinski definition) is 2. The fraction of sp³-hybridized carbons (Fsp3) is 0. The topological polar surface area (TPSA) is 24.9 Å². The Morgan fingerprint density at radius 3 is 2.64 bits per heavy atom. The lowest BCUT2D eigenvalue weighted by molar-refractivity contribution is 1.32. The largest absolute Gasteiger partial charge is 0.353 e. The summed E-state index contributed by atoms with van der Waals surface area (Å²) in [5.41, 5.74) is 2.03. The van der Waals surface area contributed by atoms with Gasteiger partial charge in [0.2, 0.25) is 0 Å². The fourth-order valence-corrected chi connectivity index (χ4v) is 1.54. The summed E-state index contributed by atoms with van der Waals surface area (Å²) in [7, 11) is 0. The predicted molar refractivity (Wildman–Crippen MR) is 61.7 cm³/mol. The Hall–Kier alpha value is -1.35. The van der Waals surface area contributed by atoms with Crippen LogP contribution in [0.1, 0.15) is 0 Å². The molecule has 14 heavy (non-hydrogen) atoms. The standard InChI is InChI=1S/C11H9BrN2/c12-10-5-1-2-6-11(10)14-9-4-3-7-13-8-9/h1-8,14H. The van der Waals surface area contributed by atoms with E-state index in [2.05, 4.69) is 26.2 Å². The molecule has 70 valence electrons. The maximum atomic E-state index is 4.03. The van der Waals surface area contributed by atoms with Gasteiger partial charge in [-0.3, -0.25) is 4.98 Å². The Morgan fingerprint density at radius 1 is 1.07 bits per heavy atom. The highest BCUT2D eigenvalue weighted by atomic mass is 79.9. The Kier molecular flexibility index (Phi) is 2.79. The van der Waals surface area contributed by atoms with Crippen LogP contribution in [-0.4, -0.2) is 4.98 Å². The second-order valence-electron chi connectivity index (χ2n) is 2.85. The molecule has 0 spiro atoms. The van der Waals surface area contributed by atoms with E-state index in [0.717, 1.165) is 15.8 Å². The van der Waals surface area contributed by atoms with E-state index in [-0.39, 0.29) is 0 Å². The van der Waals surface area contributed by atoms with Crippen LogP contribution in [-0.2, 0) is 0 Å². The molecule has 0 fully saturated rings. The molecule has 2 aromatic rings. The molecule has 0 aliphatic heterocycles. The molecule has 0 saturated heterocycles. The average molecular weight is 249 g/mol. The molecular formula is C11H9BrN2. The number of para-hydroxylation sites is 1. The zero-order chi connectivity index (χ0) is 9.80. The van der Waals surface area contributed by atoms with Gasteiger partial charge >= 0.3 is 0 Å². The van der Waals surface area contributed by atoms with E-state index in [9.17, 15) is 0 Å². The van der Waals surface area contributed by atoms with Gasteiger partial charge in [-0.1, -0.05) is 12.1 Å². The number of nitrogens with zero attached hydrogens (tertiary/aromatic N) is 1. The van der Waals surface area contributed by atoms with Gasteiger partial charge < -0.3 is 5.32 Å². The van der Waals surface area contributed by atoms with E-state index in [4.69, 9.17) is 0 Å². The fourth-order valence-electron chi connectivity index (χ4n) is 1.15. The van der Waals surface area contributed by atoms with Gasteiger partial charge in [0.05, 0.1) is 17.6 Å². The van der Waals surface area contributed by atoms with Crippen LogP contribution in [0.3, 0.4) is 0 Å². The van der Waals surface area contributed by atoms with Crippen molar-refractivity contribution in [3.63, 3.8) is 0 Å². The maximum Gasteiger partial charge on any atom is 0.0571 e. The quantitative estimate of drug-likeness (QED) is 0.879. The average Bonchev–Trinajstić information content (AvgIpc) is 2.23. The van der Waals surface area contributed by atoms with Crippen LogP contribution in [0.2, 0.25) is 0 Å². The second-order valence-corrected chi connectivity index (χ2v) is 3.70. The number of aromatic nitrogens is 1. The third-order valence-electron chi connectivity index (χ3n) is 1.81. The molecule has 1 aromatic heterocycles. The summed E-state index contributed by atoms with van der Waals surface area (Å²) in [5, 5.41) is 3.26. The molecule has 0 aliphatic carbocycles. The summed E-state index contributed by atoms with van der Waals surface area (Å²) in [6, 6.07) is 11.9. The molecule has 0 aliphatic rings. The molecule has 0 bridgehead atoms. The van der Waals surface area contributed by atoms with E-state index < -0.39 is 0 Å². The highest BCUT2D eigenvalue weighted by Crippen LogP contribution is 2.24. The molecule has 0 saturated carbocycles. The van der Waals surface area contributed by atoms with Crippen molar-refractivity contribution >= 4 is 27.3 Å². The molecule has 2 nitrogen and oxygen atoms in total. The van der Waals surface area contributed by atoms with Crippen LogP contribution >= 0.6 is 15.9 Å². The minimum atomic E-state index is 0.986. The number of halogens is 1. The Morgan fingerprint density at radius 2 is 1.93 bits per heavy atom. The Balaban J connectivity index is 2.24. The number of anilines is 2. The number of hydrogen-bond donors (Lipinski definition) is 1. The zero-order valence-electron chi connectivity index (χ0n) is 7.44. The van der Waals surface area contributed by atoms with E-state index in [1.54, 1.807) is 12.4 Å². The van der Waals surface area contributed by atoms with Crippen LogP contribution in [0.5, 0.6) is 0 Å². The normalized spacial score (nSPS) is 9.79. The highest BCUT2D eigenvalue weighted by Gasteiger charge is 1.97. The van der Waals surface area contributed by atoms with Crippen LogP contribution in [0, 0.1) is 0 Å². The highest BCUT2D eigenvalue weighted by molar-refractivity contribution is 9.10. The summed E-state index contributed by atoms with van der Waals surface area (Å²) in [6.07, 6.45) is 3.55. The monoisotopic (exact) mass is 248 g/mol. The smallest absolute Gasteiger partial charge is 0.0571 e. The van der Waals surface area contributed by atoms with Crippen molar-refractivity contribution in [3.05, 3.63) is 53.3 Å². The lowest BCUT2D eigenvalue weighted by atomic mass is 10.3. The molecule has 1 heterocycles. The molecule has 0 unspecified atom stereocenters. The summed E-state index contributed by atoms with van der Waals surface area (Å²) in [4.78, 5) is 4.03. The zero-order valence-corrected chi connectivity index (χ0v) is 9.03. The SMILES string of the molecule is Brc1ccccc1Nc1cccnc1. The minimum Gasteiger partial charge on any atom is -0.353 e. The molecule has 3 heteroatoms. The number of nitrogens with one attached hydrogen (secondary N) is 1. The molecule has 0 radical (unpaired) electrons. The van der Waals surface area contributed by atoms with Gasteiger partial charge in [-0.25, -0.2) is 0 Å². The van der Waals surface area contributed by atoms with Crippen molar-refractivity contribution in [2.75, 3.05) is 5.32 Å². The first-order chi connectivity index (χ1) is 6.86. The summed E-state index contributed by atoms with van der Waals surface area (Å²) in [5.74, 6) is 0. The maximum absolute atomic E-state index is 4.03. The van der Waals surface area contributed by atoms with E-state index >= 15 is 0 Å². The minimum absolute atomic E-state index is 0.986. The molecule has 1 aromatic carbocycles. The predicted octanol–water partition coefficient (Wildman–Crippen LogP) is 3.59. The van der Waals surface area contributed by atoms with Gasteiger partial charge in [0.15, 0.2) is 0 Å². The molecule has 0 atom stereocenters. The van der Waals surface area contributed by atoms with Crippen LogP contribution in [0.4, 0.5) is 11.4 Å². The van der Waals surface area contributed by atoms with E-state index in [0.29, 0.717) is 0 Å². The lowest BCUT2D eigenvalue weighted by Crippen LogP contribution is -1.90. The van der Waals surface area contributed by atoms with Crippen molar-refractivity contribution < 1.29 is 0 Å². The molecule has 0 amide bonds. The Labute approximate surface area is 91.1 Å². The van der Waals surface area contributed by atoms with Crippen molar-refractivity contribution in [1.29, 1.82) is 0 Å². The van der Waals surface area contributed by atoms with Crippen molar-refractivity contribution in [3.8, 4) is 0 Å². The van der Waals surface area contributed by atoms with Gasteiger partial charge in [-0.05, 0) is 40.2 Å². The number of rotatable bonds is 2. The third-order valence-corrected chi connectivity index (χ3v) is 2.51. The number of benzene rings is 1. The summed E-state index contributed by atoms with van der Waals surface area (Å²) >= 11 is 3.47. The lowest BCUT2D eigenvalue weighted by Gasteiger charge is -2.06. The summed E-state index contributed by atoms with van der Waals surface area (Å²) in [6.45, 7) is 0. The van der Waals surface area contributed by atoms with Gasteiger partial charge in [0.25, 0.3) is 0 Å². The van der Waals surface area contributed by atoms with Gasteiger partial charge in [-0.15, -0.1) is 0 Å². The first-order valence-corrected chi connectivity index (χ1v) is 5.07. The van der Waals surface area contributed by atoms with Crippen molar-refractivity contribution in [2.45, 2.75) is 0 Å². The first-order valence-electron chi connectivity index (χ1n) is 4.28. The van der Waals surface area contributed by atoms with Gasteiger partial charge in [0.1, 0.15) is 0 Å². The van der Waals surface area contributed by atoms with Crippen molar-refractivity contribution in [2.24, 2.45) is 0 Å². The Bertz CT molecular complexity index is 415. The van der Waals surface area contributed by atoms with E-state index in [1.807, 2.05) is 36.4 Å². The van der Waals surface area contributed by atoms with Crippen molar-refractivity contribution in [1.82, 2.24) is 4.98 Å². The van der Waals surface area contributed by atoms with Gasteiger partial charge in [0, 0.05) is 10.7 Å².